The number of aliphatic hydroxyl groups excluding tert-OH is 1. The van der Waals surface area contributed by atoms with Crippen LogP contribution in [-0.4, -0.2) is 40.3 Å². The maximum Gasteiger partial charge on any atom is 0.153 e. The van der Waals surface area contributed by atoms with Crippen molar-refractivity contribution in [3.63, 3.8) is 0 Å². The Hall–Kier alpha value is -2.34. The van der Waals surface area contributed by atoms with E-state index in [4.69, 9.17) is 9.84 Å². The van der Waals surface area contributed by atoms with Gasteiger partial charge in [0.25, 0.3) is 0 Å². The van der Waals surface area contributed by atoms with Crippen LogP contribution in [-0.2, 0) is 0 Å². The van der Waals surface area contributed by atoms with Gasteiger partial charge in [0.15, 0.2) is 5.82 Å². The van der Waals surface area contributed by atoms with Gasteiger partial charge in [-0.05, 0) is 24.6 Å². The summed E-state index contributed by atoms with van der Waals surface area (Å²) in [6.45, 7) is 0.826. The fourth-order valence-corrected chi connectivity index (χ4v) is 2.22. The second kappa shape index (κ2) is 5.34. The van der Waals surface area contributed by atoms with Crippen LogP contribution < -0.4 is 10.1 Å². The number of hydrogen-bond acceptors (Lipinski definition) is 5. The number of ether oxygens (including phenoxy) is 1. The molecule has 0 atom stereocenters. The largest absolute Gasteiger partial charge is 0.497 e. The summed E-state index contributed by atoms with van der Waals surface area (Å²) in [4.78, 5) is 11.9. The molecule has 0 amide bonds. The van der Waals surface area contributed by atoms with E-state index in [2.05, 4.69) is 20.3 Å². The van der Waals surface area contributed by atoms with Crippen molar-refractivity contribution in [2.24, 2.45) is 0 Å². The van der Waals surface area contributed by atoms with Crippen molar-refractivity contribution in [2.45, 2.75) is 6.42 Å². The molecule has 0 fully saturated rings. The highest BCUT2D eigenvalue weighted by atomic mass is 16.5. The van der Waals surface area contributed by atoms with Crippen LogP contribution in [0.1, 0.15) is 6.42 Å². The number of aliphatic hydroxyl groups is 1. The smallest absolute Gasteiger partial charge is 0.153 e. The highest BCUT2D eigenvalue weighted by molar-refractivity contribution is 6.08. The molecule has 6 nitrogen and oxygen atoms in total. The third-order valence-corrected chi connectivity index (χ3v) is 3.22. The first-order valence-corrected chi connectivity index (χ1v) is 6.48. The fourth-order valence-electron chi connectivity index (χ4n) is 2.22. The van der Waals surface area contributed by atoms with Crippen LogP contribution in [0.15, 0.2) is 24.5 Å². The minimum absolute atomic E-state index is 0.158. The Morgan fingerprint density at radius 2 is 2.25 bits per heavy atom. The van der Waals surface area contributed by atoms with Gasteiger partial charge in [-0.1, -0.05) is 0 Å². The number of aromatic amines is 1. The molecule has 0 aliphatic rings. The quantitative estimate of drug-likeness (QED) is 0.618. The standard InChI is InChI=1S/C14H16N4O2/c1-20-9-3-4-11-10(7-9)12-13(18-11)14(17-8-16-12)15-5-2-6-19/h3-4,7-8,18-19H,2,5-6H2,1H3,(H,15,16,17). The molecule has 0 aliphatic carbocycles. The van der Waals surface area contributed by atoms with Crippen LogP contribution in [0.4, 0.5) is 5.82 Å². The normalized spacial score (nSPS) is 11.1. The maximum absolute atomic E-state index is 8.84. The second-order valence-electron chi connectivity index (χ2n) is 4.49. The lowest BCUT2D eigenvalue weighted by Crippen LogP contribution is -2.05. The summed E-state index contributed by atoms with van der Waals surface area (Å²) in [6.07, 6.45) is 2.22. The van der Waals surface area contributed by atoms with E-state index in [1.165, 1.54) is 6.33 Å². The summed E-state index contributed by atoms with van der Waals surface area (Å²) in [6, 6.07) is 5.83. The van der Waals surface area contributed by atoms with Crippen molar-refractivity contribution in [2.75, 3.05) is 25.6 Å². The van der Waals surface area contributed by atoms with Crippen molar-refractivity contribution in [3.05, 3.63) is 24.5 Å². The Balaban J connectivity index is 2.10. The summed E-state index contributed by atoms with van der Waals surface area (Å²) in [5.74, 6) is 1.55. The van der Waals surface area contributed by atoms with E-state index in [1.807, 2.05) is 18.2 Å². The Morgan fingerprint density at radius 3 is 3.05 bits per heavy atom. The van der Waals surface area contributed by atoms with E-state index < -0.39 is 0 Å². The Kier molecular flexibility index (Phi) is 3.39. The van der Waals surface area contributed by atoms with Crippen LogP contribution in [0.5, 0.6) is 5.75 Å². The first-order valence-electron chi connectivity index (χ1n) is 6.48. The van der Waals surface area contributed by atoms with Crippen molar-refractivity contribution in [1.82, 2.24) is 15.0 Å². The monoisotopic (exact) mass is 272 g/mol. The number of nitrogens with zero attached hydrogens (tertiary/aromatic N) is 2. The minimum Gasteiger partial charge on any atom is -0.497 e. The van der Waals surface area contributed by atoms with Crippen LogP contribution in [0, 0.1) is 0 Å². The van der Waals surface area contributed by atoms with E-state index in [9.17, 15) is 0 Å². The number of benzene rings is 1. The molecule has 20 heavy (non-hydrogen) atoms. The number of rotatable bonds is 5. The van der Waals surface area contributed by atoms with E-state index in [0.717, 1.165) is 33.5 Å². The van der Waals surface area contributed by atoms with Crippen molar-refractivity contribution in [3.8, 4) is 5.75 Å². The Morgan fingerprint density at radius 1 is 1.35 bits per heavy atom. The molecular formula is C14H16N4O2. The number of fused-ring (bicyclic) bond motifs is 3. The molecule has 3 N–H and O–H groups in total. The van der Waals surface area contributed by atoms with Gasteiger partial charge in [-0.2, -0.15) is 0 Å². The van der Waals surface area contributed by atoms with Gasteiger partial charge < -0.3 is 20.1 Å². The summed E-state index contributed by atoms with van der Waals surface area (Å²) < 4.78 is 5.25. The van der Waals surface area contributed by atoms with Gasteiger partial charge in [-0.25, -0.2) is 9.97 Å². The highest BCUT2D eigenvalue weighted by Gasteiger charge is 2.10. The number of nitrogens with one attached hydrogen (secondary N) is 2. The minimum atomic E-state index is 0.158. The van der Waals surface area contributed by atoms with Crippen molar-refractivity contribution >= 4 is 27.8 Å². The van der Waals surface area contributed by atoms with Crippen molar-refractivity contribution < 1.29 is 9.84 Å². The molecule has 3 aromatic rings. The lowest BCUT2D eigenvalue weighted by Gasteiger charge is -2.04. The first kappa shape index (κ1) is 12.7. The summed E-state index contributed by atoms with van der Waals surface area (Å²) >= 11 is 0. The van der Waals surface area contributed by atoms with Crippen LogP contribution in [0.2, 0.25) is 0 Å². The molecule has 104 valence electrons. The number of anilines is 1. The highest BCUT2D eigenvalue weighted by Crippen LogP contribution is 2.29. The average Bonchev–Trinajstić information content (AvgIpc) is 2.86. The van der Waals surface area contributed by atoms with Crippen LogP contribution >= 0.6 is 0 Å². The van der Waals surface area contributed by atoms with Gasteiger partial charge in [0.2, 0.25) is 0 Å². The topological polar surface area (TPSA) is 83.1 Å². The summed E-state index contributed by atoms with van der Waals surface area (Å²) in [7, 11) is 1.65. The first-order chi connectivity index (χ1) is 9.83. The third kappa shape index (κ3) is 2.14. The average molecular weight is 272 g/mol. The van der Waals surface area contributed by atoms with Gasteiger partial charge in [-0.15, -0.1) is 0 Å². The zero-order chi connectivity index (χ0) is 13.9. The zero-order valence-corrected chi connectivity index (χ0v) is 11.2. The fraction of sp³-hybridized carbons (Fsp3) is 0.286. The third-order valence-electron chi connectivity index (χ3n) is 3.22. The number of aromatic nitrogens is 3. The predicted octanol–water partition coefficient (Wildman–Crippen LogP) is 1.91. The van der Waals surface area contributed by atoms with Gasteiger partial charge in [-0.3, -0.25) is 0 Å². The SMILES string of the molecule is COc1ccc2[nH]c3c(NCCCO)ncnc3c2c1. The molecule has 0 saturated heterocycles. The Bertz CT molecular complexity index is 738. The van der Waals surface area contributed by atoms with Gasteiger partial charge in [0, 0.05) is 24.1 Å². The van der Waals surface area contributed by atoms with E-state index >= 15 is 0 Å². The van der Waals surface area contributed by atoms with Crippen molar-refractivity contribution in [1.29, 1.82) is 0 Å². The zero-order valence-electron chi connectivity index (χ0n) is 11.2. The maximum atomic E-state index is 8.84. The van der Waals surface area contributed by atoms with E-state index in [1.54, 1.807) is 7.11 Å². The predicted molar refractivity (Wildman–Crippen MR) is 78.1 cm³/mol. The lowest BCUT2D eigenvalue weighted by molar-refractivity contribution is 0.292. The molecule has 3 rings (SSSR count). The lowest BCUT2D eigenvalue weighted by atomic mass is 10.2. The number of H-pyrrole nitrogens is 1. The van der Waals surface area contributed by atoms with Gasteiger partial charge in [0.05, 0.1) is 7.11 Å². The van der Waals surface area contributed by atoms with Crippen LogP contribution in [0.3, 0.4) is 0 Å². The molecule has 0 spiro atoms. The summed E-state index contributed by atoms with van der Waals surface area (Å²) in [5, 5.41) is 13.0. The van der Waals surface area contributed by atoms with Gasteiger partial charge >= 0.3 is 0 Å². The summed E-state index contributed by atoms with van der Waals surface area (Å²) in [5.41, 5.74) is 2.72. The molecule has 6 heteroatoms. The molecule has 2 heterocycles. The molecular weight excluding hydrogens is 256 g/mol. The molecule has 0 unspecified atom stereocenters. The van der Waals surface area contributed by atoms with E-state index in [0.29, 0.717) is 13.0 Å². The number of methoxy groups -OCH3 is 1. The number of hydrogen-bond donors (Lipinski definition) is 3. The Labute approximate surface area is 115 Å². The molecule has 2 aromatic heterocycles. The molecule has 1 aromatic carbocycles. The van der Waals surface area contributed by atoms with Gasteiger partial charge in [0.1, 0.15) is 23.1 Å². The van der Waals surface area contributed by atoms with E-state index in [-0.39, 0.29) is 6.61 Å². The molecule has 0 saturated carbocycles. The molecule has 0 bridgehead atoms. The van der Waals surface area contributed by atoms with Crippen LogP contribution in [0.25, 0.3) is 21.9 Å². The molecule has 0 radical (unpaired) electrons. The second-order valence-corrected chi connectivity index (χ2v) is 4.49. The molecule has 0 aliphatic heterocycles.